The highest BCUT2D eigenvalue weighted by molar-refractivity contribution is 6.30. The van der Waals surface area contributed by atoms with E-state index in [-0.39, 0.29) is 0 Å². The van der Waals surface area contributed by atoms with Crippen molar-refractivity contribution in [2.45, 2.75) is 25.3 Å². The number of aromatic nitrogens is 3. The van der Waals surface area contributed by atoms with Crippen LogP contribution in [0, 0.1) is 0 Å². The van der Waals surface area contributed by atoms with Gasteiger partial charge >= 0.3 is 0 Å². The second-order valence-electron chi connectivity index (χ2n) is 4.24. The van der Waals surface area contributed by atoms with Crippen LogP contribution in [0.15, 0.2) is 30.5 Å². The van der Waals surface area contributed by atoms with Crippen molar-refractivity contribution in [3.63, 3.8) is 0 Å². The second kappa shape index (κ2) is 3.91. The van der Waals surface area contributed by atoms with Crippen LogP contribution in [0.25, 0.3) is 0 Å². The smallest absolute Gasteiger partial charge is 0.0858 e. The first-order valence-corrected chi connectivity index (χ1v) is 5.83. The minimum Gasteiger partial charge on any atom is -0.248 e. The van der Waals surface area contributed by atoms with Crippen molar-refractivity contribution in [3.05, 3.63) is 46.7 Å². The first-order chi connectivity index (χ1) is 7.81. The molecule has 2 aromatic rings. The second-order valence-corrected chi connectivity index (χ2v) is 4.68. The summed E-state index contributed by atoms with van der Waals surface area (Å²) in [7, 11) is 0. The lowest BCUT2D eigenvalue weighted by molar-refractivity contribution is 0.649. The first-order valence-electron chi connectivity index (χ1n) is 5.46. The molecule has 0 spiro atoms. The Morgan fingerprint density at radius 1 is 1.25 bits per heavy atom. The Kier molecular flexibility index (Phi) is 2.40. The van der Waals surface area contributed by atoms with E-state index in [0.717, 1.165) is 17.3 Å². The molecule has 0 N–H and O–H groups in total. The zero-order valence-corrected chi connectivity index (χ0v) is 9.56. The lowest BCUT2D eigenvalue weighted by Gasteiger charge is -2.00. The molecule has 16 heavy (non-hydrogen) atoms. The third-order valence-electron chi connectivity index (χ3n) is 2.81. The van der Waals surface area contributed by atoms with Gasteiger partial charge in [0, 0.05) is 17.1 Å². The van der Waals surface area contributed by atoms with Crippen LogP contribution >= 0.6 is 11.6 Å². The van der Waals surface area contributed by atoms with Gasteiger partial charge in [-0.15, -0.1) is 5.10 Å². The van der Waals surface area contributed by atoms with Gasteiger partial charge in [-0.05, 0) is 30.5 Å². The van der Waals surface area contributed by atoms with Crippen LogP contribution in [0.1, 0.15) is 30.0 Å². The molecule has 1 saturated carbocycles. The highest BCUT2D eigenvalue weighted by Gasteiger charge is 2.26. The van der Waals surface area contributed by atoms with Gasteiger partial charge in [-0.25, -0.2) is 4.68 Å². The number of benzene rings is 1. The Morgan fingerprint density at radius 2 is 2.00 bits per heavy atom. The summed E-state index contributed by atoms with van der Waals surface area (Å²) in [6.07, 6.45) is 4.57. The Bertz CT molecular complexity index is 485. The van der Waals surface area contributed by atoms with Crippen LogP contribution in [0.5, 0.6) is 0 Å². The van der Waals surface area contributed by atoms with E-state index in [1.807, 2.05) is 35.1 Å². The molecule has 0 saturated heterocycles. The van der Waals surface area contributed by atoms with E-state index in [1.54, 1.807) is 0 Å². The molecule has 0 amide bonds. The van der Waals surface area contributed by atoms with Gasteiger partial charge in [0.25, 0.3) is 0 Å². The van der Waals surface area contributed by atoms with Gasteiger partial charge in [-0.1, -0.05) is 28.9 Å². The summed E-state index contributed by atoms with van der Waals surface area (Å²) in [5, 5.41) is 9.07. The Balaban J connectivity index is 1.75. The highest BCUT2D eigenvalue weighted by Crippen LogP contribution is 2.38. The fraction of sp³-hybridized carbons (Fsp3) is 0.333. The minimum atomic E-state index is 0.666. The van der Waals surface area contributed by atoms with Gasteiger partial charge in [-0.2, -0.15) is 0 Å². The predicted molar refractivity (Wildman–Crippen MR) is 62.6 cm³/mol. The van der Waals surface area contributed by atoms with E-state index in [4.69, 9.17) is 11.6 Å². The number of hydrogen-bond acceptors (Lipinski definition) is 2. The molecular weight excluding hydrogens is 222 g/mol. The highest BCUT2D eigenvalue weighted by atomic mass is 35.5. The van der Waals surface area contributed by atoms with Crippen LogP contribution < -0.4 is 0 Å². The lowest BCUT2D eigenvalue weighted by Crippen LogP contribution is -1.99. The third kappa shape index (κ3) is 2.09. The van der Waals surface area contributed by atoms with Crippen LogP contribution in [0.4, 0.5) is 0 Å². The summed E-state index contributed by atoms with van der Waals surface area (Å²) in [5.74, 6) is 0.666. The summed E-state index contributed by atoms with van der Waals surface area (Å²) in [6, 6.07) is 7.83. The molecule has 4 heteroatoms. The van der Waals surface area contributed by atoms with Gasteiger partial charge in [0.05, 0.1) is 12.2 Å². The maximum Gasteiger partial charge on any atom is 0.0858 e. The summed E-state index contributed by atoms with van der Waals surface area (Å²) in [5.41, 5.74) is 2.32. The Hall–Kier alpha value is -1.35. The molecule has 1 fully saturated rings. The quantitative estimate of drug-likeness (QED) is 0.816. The van der Waals surface area contributed by atoms with Gasteiger partial charge in [0.1, 0.15) is 0 Å². The molecule has 0 aliphatic heterocycles. The monoisotopic (exact) mass is 233 g/mol. The average Bonchev–Trinajstić information content (AvgIpc) is 3.04. The number of nitrogens with zero attached hydrogens (tertiary/aromatic N) is 3. The molecule has 0 unspecified atom stereocenters. The van der Waals surface area contributed by atoms with E-state index in [0.29, 0.717) is 5.92 Å². The summed E-state index contributed by atoms with van der Waals surface area (Å²) in [4.78, 5) is 0. The molecule has 0 radical (unpaired) electrons. The van der Waals surface area contributed by atoms with Crippen molar-refractivity contribution in [2.75, 3.05) is 0 Å². The van der Waals surface area contributed by atoms with Crippen LogP contribution in [-0.4, -0.2) is 15.0 Å². The van der Waals surface area contributed by atoms with Crippen LogP contribution in [0.2, 0.25) is 5.02 Å². The fourth-order valence-corrected chi connectivity index (χ4v) is 1.86. The van der Waals surface area contributed by atoms with E-state index < -0.39 is 0 Å². The molecule has 3 rings (SSSR count). The van der Waals surface area contributed by atoms with E-state index in [1.165, 1.54) is 18.4 Å². The Labute approximate surface area is 99.0 Å². The van der Waals surface area contributed by atoms with Crippen molar-refractivity contribution in [3.8, 4) is 0 Å². The number of hydrogen-bond donors (Lipinski definition) is 0. The SMILES string of the molecule is Clc1ccc(Cn2cc(C3CC3)nn2)cc1. The largest absolute Gasteiger partial charge is 0.248 e. The molecule has 1 aromatic carbocycles. The summed E-state index contributed by atoms with van der Waals surface area (Å²) in [6.45, 7) is 0.761. The summed E-state index contributed by atoms with van der Waals surface area (Å²) >= 11 is 5.83. The molecule has 3 nitrogen and oxygen atoms in total. The van der Waals surface area contributed by atoms with Crippen molar-refractivity contribution >= 4 is 11.6 Å². The average molecular weight is 234 g/mol. The molecule has 1 aliphatic carbocycles. The first kappa shape index (κ1) is 9.85. The normalized spacial score (nSPS) is 15.3. The molecule has 1 heterocycles. The molecule has 82 valence electrons. The van der Waals surface area contributed by atoms with Crippen molar-refractivity contribution in [1.29, 1.82) is 0 Å². The summed E-state index contributed by atoms with van der Waals surface area (Å²) < 4.78 is 1.89. The molecule has 1 aromatic heterocycles. The van der Waals surface area contributed by atoms with Crippen LogP contribution in [0.3, 0.4) is 0 Å². The molecular formula is C12H12ClN3. The third-order valence-corrected chi connectivity index (χ3v) is 3.06. The molecule has 1 aliphatic rings. The van der Waals surface area contributed by atoms with Crippen molar-refractivity contribution in [1.82, 2.24) is 15.0 Å². The Morgan fingerprint density at radius 3 is 2.69 bits per heavy atom. The molecule has 0 atom stereocenters. The standard InChI is InChI=1S/C12H12ClN3/c13-11-5-1-9(2-6-11)7-16-8-12(14-15-16)10-3-4-10/h1-2,5-6,8,10H,3-4,7H2. The van der Waals surface area contributed by atoms with Gasteiger partial charge in [0.2, 0.25) is 0 Å². The number of halogens is 1. The molecule has 0 bridgehead atoms. The van der Waals surface area contributed by atoms with Gasteiger partial charge in [0.15, 0.2) is 0 Å². The fourth-order valence-electron chi connectivity index (χ4n) is 1.73. The lowest BCUT2D eigenvalue weighted by atomic mass is 10.2. The zero-order valence-electron chi connectivity index (χ0n) is 8.81. The number of rotatable bonds is 3. The van der Waals surface area contributed by atoms with E-state index in [2.05, 4.69) is 10.3 Å². The predicted octanol–water partition coefficient (Wildman–Crippen LogP) is 2.86. The van der Waals surface area contributed by atoms with Crippen molar-refractivity contribution < 1.29 is 0 Å². The van der Waals surface area contributed by atoms with E-state index >= 15 is 0 Å². The van der Waals surface area contributed by atoms with Crippen molar-refractivity contribution in [2.24, 2.45) is 0 Å². The van der Waals surface area contributed by atoms with Gasteiger partial charge < -0.3 is 0 Å². The topological polar surface area (TPSA) is 30.7 Å². The minimum absolute atomic E-state index is 0.666. The zero-order chi connectivity index (χ0) is 11.0. The maximum atomic E-state index is 5.83. The van der Waals surface area contributed by atoms with E-state index in [9.17, 15) is 0 Å². The van der Waals surface area contributed by atoms with Crippen LogP contribution in [-0.2, 0) is 6.54 Å². The van der Waals surface area contributed by atoms with Gasteiger partial charge in [-0.3, -0.25) is 0 Å². The maximum absolute atomic E-state index is 5.83.